The second-order valence-corrected chi connectivity index (χ2v) is 8.54. The molecule has 2 N–H and O–H groups in total. The molecule has 184 valence electrons. The van der Waals surface area contributed by atoms with Crippen LogP contribution in [0.4, 0.5) is 11.4 Å². The van der Waals surface area contributed by atoms with Crippen LogP contribution in [0.2, 0.25) is 0 Å². The number of nitrogens with zero attached hydrogens (tertiary/aromatic N) is 2. The van der Waals surface area contributed by atoms with E-state index in [9.17, 15) is 14.4 Å². The molecule has 8 nitrogen and oxygen atoms in total. The number of carbonyl (C=O) groups excluding carboxylic acids is 3. The van der Waals surface area contributed by atoms with Crippen LogP contribution in [0.25, 0.3) is 0 Å². The summed E-state index contributed by atoms with van der Waals surface area (Å²) >= 11 is 0. The van der Waals surface area contributed by atoms with Crippen LogP contribution in [0.5, 0.6) is 0 Å². The van der Waals surface area contributed by atoms with E-state index in [4.69, 9.17) is 4.74 Å². The van der Waals surface area contributed by atoms with Gasteiger partial charge in [0.15, 0.2) is 0 Å². The molecule has 1 aliphatic heterocycles. The fourth-order valence-corrected chi connectivity index (χ4v) is 3.96. The molecule has 1 heterocycles. The van der Waals surface area contributed by atoms with Crippen molar-refractivity contribution >= 4 is 29.2 Å². The minimum absolute atomic E-state index is 0.0302. The Morgan fingerprint density at radius 2 is 1.79 bits per heavy atom. The van der Waals surface area contributed by atoms with E-state index in [2.05, 4.69) is 41.2 Å². The molecule has 0 atom stereocenters. The molecule has 0 aromatic heterocycles. The predicted molar refractivity (Wildman–Crippen MR) is 132 cm³/mol. The van der Waals surface area contributed by atoms with Crippen molar-refractivity contribution in [3.05, 3.63) is 23.8 Å². The van der Waals surface area contributed by atoms with Crippen LogP contribution in [0, 0.1) is 5.92 Å². The van der Waals surface area contributed by atoms with Gasteiger partial charge in [0, 0.05) is 44.0 Å². The number of hydrogen-bond donors (Lipinski definition) is 2. The van der Waals surface area contributed by atoms with Gasteiger partial charge in [-0.3, -0.25) is 14.4 Å². The zero-order chi connectivity index (χ0) is 24.2. The van der Waals surface area contributed by atoms with Gasteiger partial charge in [0.05, 0.1) is 18.6 Å². The highest BCUT2D eigenvalue weighted by Crippen LogP contribution is 2.29. The summed E-state index contributed by atoms with van der Waals surface area (Å²) in [5.41, 5.74) is 2.01. The van der Waals surface area contributed by atoms with Crippen molar-refractivity contribution in [3.8, 4) is 0 Å². The number of amides is 2. The van der Waals surface area contributed by atoms with Crippen molar-refractivity contribution in [3.63, 3.8) is 0 Å². The molecule has 1 aromatic rings. The first-order valence-electron chi connectivity index (χ1n) is 12.2. The van der Waals surface area contributed by atoms with Gasteiger partial charge >= 0.3 is 5.97 Å². The second-order valence-electron chi connectivity index (χ2n) is 8.54. The van der Waals surface area contributed by atoms with E-state index in [0.29, 0.717) is 30.3 Å². The van der Waals surface area contributed by atoms with Crippen LogP contribution in [-0.4, -0.2) is 68.6 Å². The molecule has 1 fully saturated rings. The smallest absolute Gasteiger partial charge is 0.306 e. The Hall–Kier alpha value is -2.61. The van der Waals surface area contributed by atoms with Crippen LogP contribution in [0.15, 0.2) is 18.2 Å². The standard InChI is InChI=1S/C25H40N4O4/c1-5-28(6-2)17-14-26-25(32)21-18-20(27-23(30)10-11-24(31)33-7-3)8-9-22(21)29-15-12-19(4)13-16-29/h8-9,18-19H,5-7,10-17H2,1-4H3,(H,26,32)(H,27,30). The number of rotatable bonds is 12. The summed E-state index contributed by atoms with van der Waals surface area (Å²) in [5, 5.41) is 5.85. The number of esters is 1. The molecule has 0 bridgehead atoms. The Morgan fingerprint density at radius 1 is 1.09 bits per heavy atom. The lowest BCUT2D eigenvalue weighted by Gasteiger charge is -2.33. The summed E-state index contributed by atoms with van der Waals surface area (Å²) in [7, 11) is 0. The Labute approximate surface area is 198 Å². The number of hydrogen-bond acceptors (Lipinski definition) is 6. The first-order valence-corrected chi connectivity index (χ1v) is 12.2. The third-order valence-corrected chi connectivity index (χ3v) is 6.12. The Kier molecular flexibility index (Phi) is 11.2. The molecule has 1 aliphatic rings. The Balaban J connectivity index is 2.11. The Bertz CT molecular complexity index is 787. The average Bonchev–Trinajstić information content (AvgIpc) is 2.81. The highest BCUT2D eigenvalue weighted by Gasteiger charge is 2.22. The van der Waals surface area contributed by atoms with E-state index in [-0.39, 0.29) is 24.7 Å². The number of anilines is 2. The minimum Gasteiger partial charge on any atom is -0.466 e. The molecule has 2 amide bonds. The van der Waals surface area contributed by atoms with Crippen LogP contribution in [0.3, 0.4) is 0 Å². The van der Waals surface area contributed by atoms with Crippen molar-refractivity contribution in [2.45, 2.75) is 53.4 Å². The molecule has 0 aliphatic carbocycles. The normalized spacial score (nSPS) is 14.3. The van der Waals surface area contributed by atoms with Gasteiger partial charge in [0.1, 0.15) is 0 Å². The summed E-state index contributed by atoms with van der Waals surface area (Å²) in [6.45, 7) is 13.6. The zero-order valence-corrected chi connectivity index (χ0v) is 20.6. The van der Waals surface area contributed by atoms with Crippen molar-refractivity contribution in [2.24, 2.45) is 5.92 Å². The van der Waals surface area contributed by atoms with Crippen LogP contribution in [0.1, 0.15) is 63.7 Å². The van der Waals surface area contributed by atoms with Crippen molar-refractivity contribution in [1.82, 2.24) is 10.2 Å². The highest BCUT2D eigenvalue weighted by molar-refractivity contribution is 6.02. The highest BCUT2D eigenvalue weighted by atomic mass is 16.5. The SMILES string of the molecule is CCOC(=O)CCC(=O)Nc1ccc(N2CCC(C)CC2)c(C(=O)NCCN(CC)CC)c1. The first-order chi connectivity index (χ1) is 15.9. The summed E-state index contributed by atoms with van der Waals surface area (Å²) < 4.78 is 4.87. The summed E-state index contributed by atoms with van der Waals surface area (Å²) in [6, 6.07) is 5.47. The maximum Gasteiger partial charge on any atom is 0.306 e. The van der Waals surface area contributed by atoms with Gasteiger partial charge in [-0.25, -0.2) is 0 Å². The molecule has 8 heteroatoms. The van der Waals surface area contributed by atoms with E-state index >= 15 is 0 Å². The monoisotopic (exact) mass is 460 g/mol. The number of ether oxygens (including phenoxy) is 1. The van der Waals surface area contributed by atoms with Gasteiger partial charge in [0.25, 0.3) is 5.91 Å². The van der Waals surface area contributed by atoms with Gasteiger partial charge in [-0.05, 0) is 57.0 Å². The summed E-state index contributed by atoms with van der Waals surface area (Å²) in [4.78, 5) is 41.5. The predicted octanol–water partition coefficient (Wildman–Crippen LogP) is 3.28. The molecule has 0 unspecified atom stereocenters. The number of piperidine rings is 1. The molecular weight excluding hydrogens is 420 g/mol. The lowest BCUT2D eigenvalue weighted by Crippen LogP contribution is -2.37. The fraction of sp³-hybridized carbons (Fsp3) is 0.640. The molecule has 2 rings (SSSR count). The number of benzene rings is 1. The zero-order valence-electron chi connectivity index (χ0n) is 20.6. The second kappa shape index (κ2) is 13.8. The fourth-order valence-electron chi connectivity index (χ4n) is 3.96. The van der Waals surface area contributed by atoms with Gasteiger partial charge in [-0.2, -0.15) is 0 Å². The molecule has 0 spiro atoms. The van der Waals surface area contributed by atoms with Crippen LogP contribution in [-0.2, 0) is 14.3 Å². The molecule has 33 heavy (non-hydrogen) atoms. The third-order valence-electron chi connectivity index (χ3n) is 6.12. The number of nitrogens with one attached hydrogen (secondary N) is 2. The molecule has 0 radical (unpaired) electrons. The summed E-state index contributed by atoms with van der Waals surface area (Å²) in [6.07, 6.45) is 2.25. The quantitative estimate of drug-likeness (QED) is 0.465. The topological polar surface area (TPSA) is 91.0 Å². The molecule has 1 saturated heterocycles. The van der Waals surface area contributed by atoms with Crippen LogP contribution >= 0.6 is 0 Å². The van der Waals surface area contributed by atoms with Gasteiger partial charge in [-0.15, -0.1) is 0 Å². The third kappa shape index (κ3) is 8.68. The average molecular weight is 461 g/mol. The van der Waals surface area contributed by atoms with E-state index in [1.807, 2.05) is 12.1 Å². The van der Waals surface area contributed by atoms with E-state index in [1.54, 1.807) is 13.0 Å². The molecule has 0 saturated carbocycles. The van der Waals surface area contributed by atoms with Crippen molar-refractivity contribution < 1.29 is 19.1 Å². The van der Waals surface area contributed by atoms with E-state index in [0.717, 1.165) is 51.3 Å². The van der Waals surface area contributed by atoms with Gasteiger partial charge < -0.3 is 25.2 Å². The Morgan fingerprint density at radius 3 is 2.42 bits per heavy atom. The van der Waals surface area contributed by atoms with Gasteiger partial charge in [0.2, 0.25) is 5.91 Å². The first kappa shape index (κ1) is 26.6. The minimum atomic E-state index is -0.393. The lowest BCUT2D eigenvalue weighted by atomic mass is 9.97. The number of carbonyl (C=O) groups is 3. The van der Waals surface area contributed by atoms with Crippen LogP contribution < -0.4 is 15.5 Å². The lowest BCUT2D eigenvalue weighted by molar-refractivity contribution is -0.144. The largest absolute Gasteiger partial charge is 0.466 e. The number of likely N-dealkylation sites (N-methyl/N-ethyl adjacent to an activating group) is 1. The van der Waals surface area contributed by atoms with Crippen molar-refractivity contribution in [1.29, 1.82) is 0 Å². The maximum absolute atomic E-state index is 13.1. The molecule has 1 aromatic carbocycles. The summed E-state index contributed by atoms with van der Waals surface area (Å²) in [5.74, 6) is -0.130. The van der Waals surface area contributed by atoms with E-state index < -0.39 is 5.97 Å². The maximum atomic E-state index is 13.1. The molecular formula is C25H40N4O4. The van der Waals surface area contributed by atoms with E-state index in [1.165, 1.54) is 0 Å². The van der Waals surface area contributed by atoms with Gasteiger partial charge in [-0.1, -0.05) is 20.8 Å². The van der Waals surface area contributed by atoms with Crippen molar-refractivity contribution in [2.75, 3.05) is 56.1 Å².